The summed E-state index contributed by atoms with van der Waals surface area (Å²) in [5, 5.41) is 12.6. The van der Waals surface area contributed by atoms with Gasteiger partial charge in [0.1, 0.15) is 0 Å². The summed E-state index contributed by atoms with van der Waals surface area (Å²) < 4.78 is 4.98. The molecule has 0 aromatic carbocycles. The quantitative estimate of drug-likeness (QED) is 0.596. The van der Waals surface area contributed by atoms with E-state index >= 15 is 0 Å². The van der Waals surface area contributed by atoms with Gasteiger partial charge in [-0.15, -0.1) is 0 Å². The molecular weight excluding hydrogens is 154 g/mol. The lowest BCUT2D eigenvalue weighted by Gasteiger charge is -2.26. The van der Waals surface area contributed by atoms with Crippen LogP contribution in [0.2, 0.25) is 0 Å². The molecule has 3 nitrogen and oxygen atoms in total. The monoisotopic (exact) mass is 173 g/mol. The lowest BCUT2D eigenvalue weighted by molar-refractivity contribution is 0.141. The molecule has 1 atom stereocenters. The molecule has 1 aliphatic rings. The van der Waals surface area contributed by atoms with Crippen molar-refractivity contribution in [1.82, 2.24) is 5.32 Å². The number of hydrogen-bond acceptors (Lipinski definition) is 3. The van der Waals surface area contributed by atoms with Gasteiger partial charge in [-0.3, -0.25) is 0 Å². The summed E-state index contributed by atoms with van der Waals surface area (Å²) in [6, 6.07) is 0. The van der Waals surface area contributed by atoms with E-state index in [4.69, 9.17) is 4.74 Å². The van der Waals surface area contributed by atoms with Gasteiger partial charge in [0.15, 0.2) is 0 Å². The van der Waals surface area contributed by atoms with Crippen LogP contribution in [-0.4, -0.2) is 37.5 Å². The van der Waals surface area contributed by atoms with E-state index in [2.05, 4.69) is 5.32 Å². The van der Waals surface area contributed by atoms with Crippen molar-refractivity contribution in [2.24, 2.45) is 0 Å². The van der Waals surface area contributed by atoms with Crippen LogP contribution in [0.3, 0.4) is 0 Å². The van der Waals surface area contributed by atoms with Gasteiger partial charge >= 0.3 is 0 Å². The Hall–Kier alpha value is -0.120. The summed E-state index contributed by atoms with van der Waals surface area (Å²) in [5.41, 5.74) is 0.0124. The number of nitrogens with one attached hydrogen (secondary N) is 1. The first-order chi connectivity index (χ1) is 5.83. The second-order valence-electron chi connectivity index (χ2n) is 3.57. The van der Waals surface area contributed by atoms with Crippen molar-refractivity contribution in [3.05, 3.63) is 0 Å². The Morgan fingerprint density at radius 3 is 2.92 bits per heavy atom. The van der Waals surface area contributed by atoms with E-state index in [9.17, 15) is 5.11 Å². The molecule has 2 N–H and O–H groups in total. The van der Waals surface area contributed by atoms with E-state index in [-0.39, 0.29) is 12.1 Å². The van der Waals surface area contributed by atoms with Gasteiger partial charge in [0, 0.05) is 19.3 Å². The fourth-order valence-electron chi connectivity index (χ4n) is 1.85. The molecule has 0 aromatic rings. The fourth-order valence-corrected chi connectivity index (χ4v) is 1.85. The van der Waals surface area contributed by atoms with Crippen LogP contribution >= 0.6 is 0 Å². The van der Waals surface area contributed by atoms with Gasteiger partial charge < -0.3 is 15.2 Å². The summed E-state index contributed by atoms with van der Waals surface area (Å²) in [4.78, 5) is 0. The van der Waals surface area contributed by atoms with Gasteiger partial charge in [-0.25, -0.2) is 0 Å². The third-order valence-corrected chi connectivity index (χ3v) is 2.64. The summed E-state index contributed by atoms with van der Waals surface area (Å²) >= 11 is 0. The Bertz CT molecular complexity index is 122. The smallest absolute Gasteiger partial charge is 0.0613 e. The molecule has 0 saturated carbocycles. The minimum Gasteiger partial charge on any atom is -0.394 e. The molecule has 0 radical (unpaired) electrons. The molecule has 12 heavy (non-hydrogen) atoms. The second kappa shape index (κ2) is 4.80. The Balaban J connectivity index is 2.24. The molecule has 72 valence electrons. The predicted octanol–water partition coefficient (Wildman–Crippen LogP) is 0.528. The van der Waals surface area contributed by atoms with Crippen molar-refractivity contribution >= 4 is 0 Å². The van der Waals surface area contributed by atoms with Crippen LogP contribution in [0.1, 0.15) is 25.7 Å². The predicted molar refractivity (Wildman–Crippen MR) is 48.2 cm³/mol. The van der Waals surface area contributed by atoms with Crippen LogP contribution in [-0.2, 0) is 4.74 Å². The van der Waals surface area contributed by atoms with Crippen LogP contribution in [0, 0.1) is 0 Å². The van der Waals surface area contributed by atoms with Crippen molar-refractivity contribution in [3.8, 4) is 0 Å². The average Bonchev–Trinajstić information content (AvgIpc) is 2.55. The largest absolute Gasteiger partial charge is 0.394 e. The Labute approximate surface area is 74.1 Å². The third kappa shape index (κ3) is 2.44. The number of rotatable bonds is 5. The number of ether oxygens (including phenoxy) is 1. The molecule has 1 fully saturated rings. The van der Waals surface area contributed by atoms with Gasteiger partial charge in [0.2, 0.25) is 0 Å². The molecule has 1 aliphatic heterocycles. The van der Waals surface area contributed by atoms with E-state index in [1.54, 1.807) is 7.11 Å². The zero-order valence-corrected chi connectivity index (χ0v) is 7.81. The highest BCUT2D eigenvalue weighted by Gasteiger charge is 2.31. The van der Waals surface area contributed by atoms with Crippen molar-refractivity contribution in [2.45, 2.75) is 31.2 Å². The second-order valence-corrected chi connectivity index (χ2v) is 3.57. The van der Waals surface area contributed by atoms with Gasteiger partial charge in [-0.1, -0.05) is 0 Å². The first-order valence-corrected chi connectivity index (χ1v) is 4.68. The highest BCUT2D eigenvalue weighted by atomic mass is 16.5. The summed E-state index contributed by atoms with van der Waals surface area (Å²) in [6.07, 6.45) is 4.35. The molecule has 3 heteroatoms. The number of aliphatic hydroxyl groups excluding tert-OH is 1. The first-order valence-electron chi connectivity index (χ1n) is 4.68. The van der Waals surface area contributed by atoms with Crippen LogP contribution in [0.5, 0.6) is 0 Å². The van der Waals surface area contributed by atoms with Crippen molar-refractivity contribution in [2.75, 3.05) is 26.9 Å². The minimum atomic E-state index is 0.0124. The zero-order valence-electron chi connectivity index (χ0n) is 7.81. The van der Waals surface area contributed by atoms with Crippen LogP contribution in [0.4, 0.5) is 0 Å². The van der Waals surface area contributed by atoms with Gasteiger partial charge in [-0.2, -0.15) is 0 Å². The van der Waals surface area contributed by atoms with Gasteiger partial charge in [-0.05, 0) is 32.2 Å². The Morgan fingerprint density at radius 1 is 1.58 bits per heavy atom. The maximum atomic E-state index is 9.21. The molecule has 1 unspecified atom stereocenters. The standard InChI is InChI=1S/C9H19NO2/c1-12-7-3-5-9(8-11)4-2-6-10-9/h10-11H,2-8H2,1H3. The first kappa shape index (κ1) is 9.96. The summed E-state index contributed by atoms with van der Waals surface area (Å²) in [7, 11) is 1.72. The highest BCUT2D eigenvalue weighted by molar-refractivity contribution is 4.92. The van der Waals surface area contributed by atoms with Crippen molar-refractivity contribution in [3.63, 3.8) is 0 Å². The topological polar surface area (TPSA) is 41.5 Å². The average molecular weight is 173 g/mol. The molecule has 0 aromatic heterocycles. The summed E-state index contributed by atoms with van der Waals surface area (Å²) in [6.45, 7) is 2.10. The fraction of sp³-hybridized carbons (Fsp3) is 1.00. The van der Waals surface area contributed by atoms with E-state index in [0.717, 1.165) is 32.4 Å². The van der Waals surface area contributed by atoms with E-state index in [1.165, 1.54) is 6.42 Å². The van der Waals surface area contributed by atoms with Crippen LogP contribution in [0.25, 0.3) is 0 Å². The molecule has 1 heterocycles. The molecule has 1 saturated heterocycles. The molecule has 0 aliphatic carbocycles. The van der Waals surface area contributed by atoms with E-state index < -0.39 is 0 Å². The molecule has 0 bridgehead atoms. The maximum absolute atomic E-state index is 9.21. The maximum Gasteiger partial charge on any atom is 0.0613 e. The van der Waals surface area contributed by atoms with Crippen molar-refractivity contribution in [1.29, 1.82) is 0 Å². The highest BCUT2D eigenvalue weighted by Crippen LogP contribution is 2.23. The molecular formula is C9H19NO2. The molecule has 0 spiro atoms. The third-order valence-electron chi connectivity index (χ3n) is 2.64. The van der Waals surface area contributed by atoms with Crippen LogP contribution < -0.4 is 5.32 Å². The van der Waals surface area contributed by atoms with Crippen molar-refractivity contribution < 1.29 is 9.84 Å². The van der Waals surface area contributed by atoms with Gasteiger partial charge in [0.25, 0.3) is 0 Å². The number of aliphatic hydroxyl groups is 1. The van der Waals surface area contributed by atoms with E-state index in [0.29, 0.717) is 0 Å². The Kier molecular flexibility index (Phi) is 3.98. The van der Waals surface area contributed by atoms with Gasteiger partial charge in [0.05, 0.1) is 6.61 Å². The van der Waals surface area contributed by atoms with E-state index in [1.807, 2.05) is 0 Å². The number of methoxy groups -OCH3 is 1. The number of hydrogen-bond donors (Lipinski definition) is 2. The summed E-state index contributed by atoms with van der Waals surface area (Å²) in [5.74, 6) is 0. The lowest BCUT2D eigenvalue weighted by atomic mass is 9.93. The lowest BCUT2D eigenvalue weighted by Crippen LogP contribution is -2.43. The zero-order chi connectivity index (χ0) is 8.86. The molecule has 1 rings (SSSR count). The molecule has 0 amide bonds. The SMILES string of the molecule is COCCCC1(CO)CCCN1. The normalized spacial score (nSPS) is 29.5. The Morgan fingerprint density at radius 2 is 2.42 bits per heavy atom. The minimum absolute atomic E-state index is 0.0124. The van der Waals surface area contributed by atoms with Crippen LogP contribution in [0.15, 0.2) is 0 Å².